The maximum absolute atomic E-state index is 4.78. The number of fused-ring (bicyclic) bond motifs is 1. The highest BCUT2D eigenvalue weighted by Gasteiger charge is 2.19. The maximum atomic E-state index is 4.78. The number of aromatic nitrogens is 6. The molecule has 0 amide bonds. The molecule has 9 nitrogen and oxygen atoms in total. The van der Waals surface area contributed by atoms with Crippen LogP contribution in [0.4, 0.5) is 11.6 Å². The summed E-state index contributed by atoms with van der Waals surface area (Å²) in [5.41, 5.74) is 2.07. The van der Waals surface area contributed by atoms with Crippen LogP contribution in [0.25, 0.3) is 11.3 Å². The second-order valence-corrected chi connectivity index (χ2v) is 6.41. The van der Waals surface area contributed by atoms with Crippen molar-refractivity contribution in [1.82, 2.24) is 30.1 Å². The van der Waals surface area contributed by atoms with Crippen LogP contribution in [0.15, 0.2) is 17.0 Å². The molecule has 0 aliphatic carbocycles. The molecule has 3 aromatic rings. The van der Waals surface area contributed by atoms with Gasteiger partial charge in [0.05, 0.1) is 6.20 Å². The minimum absolute atomic E-state index is 0.433. The molecule has 1 fully saturated rings. The Hall–Kier alpha value is -2.71. The minimum atomic E-state index is 0.433. The second-order valence-electron chi connectivity index (χ2n) is 6.41. The van der Waals surface area contributed by atoms with Crippen LogP contribution in [-0.2, 0) is 13.5 Å². The number of hydrogen-bond acceptors (Lipinski definition) is 8. The highest BCUT2D eigenvalue weighted by molar-refractivity contribution is 5.74. The van der Waals surface area contributed by atoms with E-state index in [1.54, 1.807) is 0 Å². The third kappa shape index (κ3) is 3.54. The maximum Gasteiger partial charge on any atom is 0.245 e. The van der Waals surface area contributed by atoms with Crippen molar-refractivity contribution in [2.75, 3.05) is 29.9 Å². The lowest BCUT2D eigenvalue weighted by molar-refractivity contribution is 0.314. The minimum Gasteiger partial charge on any atom is -0.367 e. The topological polar surface area (TPSA) is 97.8 Å². The monoisotopic (exact) mass is 342 g/mol. The van der Waals surface area contributed by atoms with E-state index in [0.29, 0.717) is 11.3 Å². The van der Waals surface area contributed by atoms with Crippen molar-refractivity contribution in [1.29, 1.82) is 0 Å². The van der Waals surface area contributed by atoms with Crippen LogP contribution in [0.1, 0.15) is 31.2 Å². The summed E-state index contributed by atoms with van der Waals surface area (Å²) in [7, 11) is 1.92. The molecule has 0 unspecified atom stereocenters. The third-order valence-corrected chi connectivity index (χ3v) is 4.47. The van der Waals surface area contributed by atoms with Crippen molar-refractivity contribution in [3.8, 4) is 0 Å². The van der Waals surface area contributed by atoms with Crippen LogP contribution < -0.4 is 10.2 Å². The summed E-state index contributed by atoms with van der Waals surface area (Å²) >= 11 is 0. The normalized spacial score (nSPS) is 15.5. The molecule has 1 aliphatic heterocycles. The van der Waals surface area contributed by atoms with E-state index in [4.69, 9.17) is 4.63 Å². The molecule has 132 valence electrons. The molecule has 9 heteroatoms. The van der Waals surface area contributed by atoms with Crippen LogP contribution >= 0.6 is 0 Å². The molecule has 1 aliphatic rings. The van der Waals surface area contributed by atoms with E-state index in [0.717, 1.165) is 37.7 Å². The summed E-state index contributed by atoms with van der Waals surface area (Å²) in [5.74, 6) is 1.59. The van der Waals surface area contributed by atoms with E-state index in [-0.39, 0.29) is 0 Å². The van der Waals surface area contributed by atoms with Gasteiger partial charge < -0.3 is 10.2 Å². The van der Waals surface area contributed by atoms with E-state index >= 15 is 0 Å². The average Bonchev–Trinajstić information content (AvgIpc) is 3.14. The fourth-order valence-corrected chi connectivity index (χ4v) is 3.18. The molecule has 0 saturated carbocycles. The van der Waals surface area contributed by atoms with Crippen LogP contribution in [0.3, 0.4) is 0 Å². The number of rotatable bonds is 5. The van der Waals surface area contributed by atoms with E-state index in [2.05, 4.69) is 35.6 Å². The summed E-state index contributed by atoms with van der Waals surface area (Å²) in [4.78, 5) is 11.5. The number of anilines is 2. The van der Waals surface area contributed by atoms with Crippen LogP contribution in [0, 0.1) is 0 Å². The van der Waals surface area contributed by atoms with Gasteiger partial charge in [0.15, 0.2) is 11.6 Å². The zero-order chi connectivity index (χ0) is 17.1. The quantitative estimate of drug-likeness (QED) is 0.749. The van der Waals surface area contributed by atoms with Gasteiger partial charge in [-0.1, -0.05) is 12.8 Å². The number of nitrogens with one attached hydrogen (secondary N) is 1. The highest BCUT2D eigenvalue weighted by Crippen LogP contribution is 2.26. The third-order valence-electron chi connectivity index (χ3n) is 4.47. The molecule has 4 heterocycles. The Balaban J connectivity index is 1.55. The summed E-state index contributed by atoms with van der Waals surface area (Å²) in [6.07, 6.45) is 9.65. The Kier molecular flexibility index (Phi) is 4.45. The van der Waals surface area contributed by atoms with E-state index in [9.17, 15) is 0 Å². The molecule has 0 aromatic carbocycles. The molecule has 25 heavy (non-hydrogen) atoms. The fraction of sp³-hybridized carbons (Fsp3) is 0.562. The first-order chi connectivity index (χ1) is 12.3. The van der Waals surface area contributed by atoms with Gasteiger partial charge in [-0.15, -0.1) is 0 Å². The van der Waals surface area contributed by atoms with Gasteiger partial charge >= 0.3 is 0 Å². The molecular formula is C16H22N8O. The molecule has 0 radical (unpaired) electrons. The first-order valence-corrected chi connectivity index (χ1v) is 8.76. The largest absolute Gasteiger partial charge is 0.367 e. The predicted octanol–water partition coefficient (Wildman–Crippen LogP) is 1.78. The van der Waals surface area contributed by atoms with Crippen molar-refractivity contribution in [2.24, 2.45) is 7.05 Å². The van der Waals surface area contributed by atoms with Gasteiger partial charge in [-0.25, -0.2) is 14.6 Å². The molecule has 0 bridgehead atoms. The van der Waals surface area contributed by atoms with Gasteiger partial charge in [0.1, 0.15) is 0 Å². The molecule has 0 atom stereocenters. The standard InChI is InChI=1S/C16H22N8O/c1-23-11-12(10-18-23)6-7-17-15-16(24-8-4-2-3-5-9-24)20-14-13(19-15)21-25-22-14/h10-11H,2-9H2,1H3,(H,17,19,21). The highest BCUT2D eigenvalue weighted by atomic mass is 16.6. The zero-order valence-electron chi connectivity index (χ0n) is 14.4. The number of nitrogens with zero attached hydrogens (tertiary/aromatic N) is 7. The van der Waals surface area contributed by atoms with E-state index in [1.807, 2.05) is 24.1 Å². The van der Waals surface area contributed by atoms with E-state index < -0.39 is 0 Å². The lowest BCUT2D eigenvalue weighted by Gasteiger charge is -2.23. The lowest BCUT2D eigenvalue weighted by atomic mass is 10.2. The molecule has 3 aromatic heterocycles. The Labute approximate surface area is 145 Å². The lowest BCUT2D eigenvalue weighted by Crippen LogP contribution is -2.26. The van der Waals surface area contributed by atoms with Crippen LogP contribution in [0.5, 0.6) is 0 Å². The van der Waals surface area contributed by atoms with Gasteiger partial charge in [0.2, 0.25) is 11.3 Å². The smallest absolute Gasteiger partial charge is 0.245 e. The van der Waals surface area contributed by atoms with Gasteiger partial charge in [-0.3, -0.25) is 4.68 Å². The molecular weight excluding hydrogens is 320 g/mol. The first-order valence-electron chi connectivity index (χ1n) is 8.76. The van der Waals surface area contributed by atoms with Crippen molar-refractivity contribution in [2.45, 2.75) is 32.1 Å². The SMILES string of the molecule is Cn1cc(CCNc2nc3nonc3nc2N2CCCCCC2)cn1. The summed E-state index contributed by atoms with van der Waals surface area (Å²) in [6.45, 7) is 2.73. The van der Waals surface area contributed by atoms with Gasteiger partial charge in [-0.05, 0) is 35.1 Å². The number of aryl methyl sites for hydroxylation is 1. The number of hydrogen-bond donors (Lipinski definition) is 1. The first kappa shape index (κ1) is 15.8. The molecule has 1 saturated heterocycles. The van der Waals surface area contributed by atoms with Gasteiger partial charge in [0, 0.05) is 32.9 Å². The predicted molar refractivity (Wildman–Crippen MR) is 93.5 cm³/mol. The Bertz CT molecular complexity index is 834. The van der Waals surface area contributed by atoms with Crippen LogP contribution in [0.2, 0.25) is 0 Å². The van der Waals surface area contributed by atoms with Crippen molar-refractivity contribution in [3.05, 3.63) is 18.0 Å². The van der Waals surface area contributed by atoms with Crippen molar-refractivity contribution in [3.63, 3.8) is 0 Å². The van der Waals surface area contributed by atoms with Gasteiger partial charge in [-0.2, -0.15) is 5.10 Å². The molecule has 1 N–H and O–H groups in total. The summed E-state index contributed by atoms with van der Waals surface area (Å²) < 4.78 is 6.59. The second kappa shape index (κ2) is 7.04. The van der Waals surface area contributed by atoms with Gasteiger partial charge in [0.25, 0.3) is 0 Å². The van der Waals surface area contributed by atoms with E-state index in [1.165, 1.54) is 31.2 Å². The fourth-order valence-electron chi connectivity index (χ4n) is 3.18. The summed E-state index contributed by atoms with van der Waals surface area (Å²) in [6, 6.07) is 0. The van der Waals surface area contributed by atoms with Crippen LogP contribution in [-0.4, -0.2) is 49.7 Å². The zero-order valence-corrected chi connectivity index (χ0v) is 14.4. The molecule has 4 rings (SSSR count). The Morgan fingerprint density at radius 1 is 1.08 bits per heavy atom. The van der Waals surface area contributed by atoms with Crippen molar-refractivity contribution < 1.29 is 4.63 Å². The molecule has 0 spiro atoms. The Morgan fingerprint density at radius 2 is 1.84 bits per heavy atom. The average molecular weight is 342 g/mol. The van der Waals surface area contributed by atoms with Crippen molar-refractivity contribution >= 4 is 22.9 Å². The summed E-state index contributed by atoms with van der Waals surface area (Å²) in [5, 5.41) is 15.3. The Morgan fingerprint density at radius 3 is 2.56 bits per heavy atom.